The Morgan fingerprint density at radius 3 is 2.87 bits per heavy atom. The zero-order valence-electron chi connectivity index (χ0n) is 17.8. The van der Waals surface area contributed by atoms with Crippen LogP contribution in [0.5, 0.6) is 0 Å². The standard InChI is InChI=1S/C28H31NO/c1-28-12-10-20-14-22-16-24(30)6-4-18(22)5-7-25(20)27(28)9-8-26(28)21-3-2-19-11-13-29-17-23(19)15-21/h2-3,8,10-11,13-15,17-18,24-25,27,30H,4-7,9,12,16H2,1H3. The van der Waals surface area contributed by atoms with Crippen molar-refractivity contribution in [2.75, 3.05) is 0 Å². The Labute approximate surface area is 179 Å². The molecule has 5 unspecified atom stereocenters. The molecule has 2 heteroatoms. The topological polar surface area (TPSA) is 33.1 Å². The average Bonchev–Trinajstić information content (AvgIpc) is 3.00. The maximum Gasteiger partial charge on any atom is 0.0577 e. The van der Waals surface area contributed by atoms with Crippen molar-refractivity contribution in [1.82, 2.24) is 4.98 Å². The molecule has 2 nitrogen and oxygen atoms in total. The maximum absolute atomic E-state index is 10.2. The summed E-state index contributed by atoms with van der Waals surface area (Å²) in [6.07, 6.45) is 19.3. The van der Waals surface area contributed by atoms with E-state index in [0.717, 1.165) is 19.3 Å². The lowest BCUT2D eigenvalue weighted by atomic mass is 9.60. The molecule has 2 aromatic rings. The van der Waals surface area contributed by atoms with E-state index in [1.54, 1.807) is 11.1 Å². The fourth-order valence-corrected chi connectivity index (χ4v) is 6.98. The van der Waals surface area contributed by atoms with Gasteiger partial charge in [0.25, 0.3) is 0 Å². The lowest BCUT2D eigenvalue weighted by Gasteiger charge is -2.43. The van der Waals surface area contributed by atoms with Gasteiger partial charge in [0.1, 0.15) is 0 Å². The first-order valence-corrected chi connectivity index (χ1v) is 11.8. The highest BCUT2D eigenvalue weighted by Gasteiger charge is 2.48. The second kappa shape index (κ2) is 6.92. The van der Waals surface area contributed by atoms with Gasteiger partial charge in [-0.15, -0.1) is 0 Å². The van der Waals surface area contributed by atoms with Crippen LogP contribution in [-0.4, -0.2) is 16.2 Å². The number of rotatable bonds is 1. The minimum atomic E-state index is -0.124. The molecule has 1 fully saturated rings. The first-order valence-electron chi connectivity index (χ1n) is 11.8. The lowest BCUT2D eigenvalue weighted by molar-refractivity contribution is 0.132. The predicted molar refractivity (Wildman–Crippen MR) is 123 cm³/mol. The fourth-order valence-electron chi connectivity index (χ4n) is 6.98. The van der Waals surface area contributed by atoms with Crippen LogP contribution in [-0.2, 0) is 0 Å². The number of nitrogens with zero attached hydrogens (tertiary/aromatic N) is 1. The second-order valence-electron chi connectivity index (χ2n) is 10.3. The van der Waals surface area contributed by atoms with Gasteiger partial charge in [0.15, 0.2) is 0 Å². The van der Waals surface area contributed by atoms with Crippen molar-refractivity contribution in [2.45, 2.75) is 58.0 Å². The summed E-state index contributed by atoms with van der Waals surface area (Å²) in [5, 5.41) is 12.7. The Morgan fingerprint density at radius 1 is 1.03 bits per heavy atom. The molecule has 5 atom stereocenters. The van der Waals surface area contributed by atoms with Gasteiger partial charge in [-0.2, -0.15) is 0 Å². The van der Waals surface area contributed by atoms with Crippen LogP contribution < -0.4 is 0 Å². The number of fused-ring (bicyclic) bond motifs is 5. The molecule has 1 N–H and O–H groups in total. The van der Waals surface area contributed by atoms with E-state index in [2.05, 4.69) is 54.4 Å². The van der Waals surface area contributed by atoms with Gasteiger partial charge < -0.3 is 5.11 Å². The summed E-state index contributed by atoms with van der Waals surface area (Å²) in [5.41, 5.74) is 6.23. The summed E-state index contributed by atoms with van der Waals surface area (Å²) in [6.45, 7) is 2.51. The molecular weight excluding hydrogens is 366 g/mol. The summed E-state index contributed by atoms with van der Waals surface area (Å²) < 4.78 is 0. The van der Waals surface area contributed by atoms with E-state index in [1.807, 2.05) is 12.4 Å². The summed E-state index contributed by atoms with van der Waals surface area (Å²) in [5.74, 6) is 2.06. The van der Waals surface area contributed by atoms with Crippen LogP contribution in [0.15, 0.2) is 66.0 Å². The summed E-state index contributed by atoms with van der Waals surface area (Å²) in [6, 6.07) is 9.00. The van der Waals surface area contributed by atoms with E-state index in [1.165, 1.54) is 47.6 Å². The van der Waals surface area contributed by atoms with Gasteiger partial charge in [0.05, 0.1) is 6.10 Å². The molecule has 6 rings (SSSR count). The van der Waals surface area contributed by atoms with Crippen molar-refractivity contribution < 1.29 is 5.11 Å². The molecule has 1 saturated carbocycles. The normalized spacial score (nSPS) is 35.5. The van der Waals surface area contributed by atoms with Crippen LogP contribution in [0.1, 0.15) is 57.4 Å². The molecule has 1 aromatic heterocycles. The minimum Gasteiger partial charge on any atom is -0.393 e. The number of pyridine rings is 1. The molecule has 4 aliphatic rings. The molecule has 0 aliphatic heterocycles. The summed E-state index contributed by atoms with van der Waals surface area (Å²) in [4.78, 5) is 4.33. The van der Waals surface area contributed by atoms with E-state index in [4.69, 9.17) is 0 Å². The molecule has 154 valence electrons. The van der Waals surface area contributed by atoms with E-state index < -0.39 is 0 Å². The van der Waals surface area contributed by atoms with E-state index in [-0.39, 0.29) is 11.5 Å². The Hall–Kier alpha value is -2.19. The van der Waals surface area contributed by atoms with E-state index >= 15 is 0 Å². The van der Waals surface area contributed by atoms with E-state index in [9.17, 15) is 5.11 Å². The van der Waals surface area contributed by atoms with Crippen LogP contribution in [0.3, 0.4) is 0 Å². The maximum atomic E-state index is 10.2. The lowest BCUT2D eigenvalue weighted by Crippen LogP contribution is -2.34. The zero-order chi connectivity index (χ0) is 20.3. The smallest absolute Gasteiger partial charge is 0.0577 e. The monoisotopic (exact) mass is 397 g/mol. The van der Waals surface area contributed by atoms with Gasteiger partial charge >= 0.3 is 0 Å². The Morgan fingerprint density at radius 2 is 1.93 bits per heavy atom. The predicted octanol–water partition coefficient (Wildman–Crippen LogP) is 6.47. The molecule has 0 spiro atoms. The Kier molecular flexibility index (Phi) is 4.28. The number of hydrogen-bond donors (Lipinski definition) is 1. The molecule has 0 bridgehead atoms. The Balaban J connectivity index is 1.34. The van der Waals surface area contributed by atoms with Crippen molar-refractivity contribution in [1.29, 1.82) is 0 Å². The fraction of sp³-hybridized carbons (Fsp3) is 0.464. The highest BCUT2D eigenvalue weighted by Crippen LogP contribution is 2.59. The molecule has 30 heavy (non-hydrogen) atoms. The number of allylic oxidation sites excluding steroid dienone is 5. The third kappa shape index (κ3) is 2.84. The Bertz CT molecular complexity index is 1090. The van der Waals surface area contributed by atoms with Gasteiger partial charge in [0, 0.05) is 17.8 Å². The average molecular weight is 398 g/mol. The van der Waals surface area contributed by atoms with Crippen LogP contribution in [0.4, 0.5) is 0 Å². The van der Waals surface area contributed by atoms with Crippen LogP contribution in [0.2, 0.25) is 0 Å². The number of aromatic nitrogens is 1. The van der Waals surface area contributed by atoms with Crippen molar-refractivity contribution in [2.24, 2.45) is 23.2 Å². The summed E-state index contributed by atoms with van der Waals surface area (Å²) in [7, 11) is 0. The van der Waals surface area contributed by atoms with Crippen molar-refractivity contribution in [3.63, 3.8) is 0 Å². The summed E-state index contributed by atoms with van der Waals surface area (Å²) >= 11 is 0. The van der Waals surface area contributed by atoms with Gasteiger partial charge in [-0.25, -0.2) is 0 Å². The van der Waals surface area contributed by atoms with Crippen LogP contribution in [0.25, 0.3) is 16.3 Å². The highest BCUT2D eigenvalue weighted by atomic mass is 16.3. The first-order chi connectivity index (χ1) is 14.6. The molecule has 0 amide bonds. The number of benzene rings is 1. The van der Waals surface area contributed by atoms with Gasteiger partial charge in [-0.05, 0) is 102 Å². The molecule has 1 aromatic carbocycles. The zero-order valence-corrected chi connectivity index (χ0v) is 17.8. The third-order valence-electron chi connectivity index (χ3n) is 8.66. The van der Waals surface area contributed by atoms with Crippen LogP contribution >= 0.6 is 0 Å². The second-order valence-corrected chi connectivity index (χ2v) is 10.3. The quantitative estimate of drug-likeness (QED) is 0.598. The van der Waals surface area contributed by atoms with Crippen molar-refractivity contribution in [3.05, 3.63) is 71.6 Å². The largest absolute Gasteiger partial charge is 0.393 e. The van der Waals surface area contributed by atoms with Crippen molar-refractivity contribution >= 4 is 16.3 Å². The molecular formula is C28H31NO. The molecule has 0 radical (unpaired) electrons. The third-order valence-corrected chi connectivity index (χ3v) is 8.66. The first kappa shape index (κ1) is 18.6. The van der Waals surface area contributed by atoms with Gasteiger partial charge in [-0.3, -0.25) is 4.98 Å². The number of aliphatic hydroxyl groups excluding tert-OH is 1. The van der Waals surface area contributed by atoms with Gasteiger partial charge in [-0.1, -0.05) is 42.9 Å². The van der Waals surface area contributed by atoms with Crippen LogP contribution in [0, 0.1) is 23.2 Å². The van der Waals surface area contributed by atoms with Crippen molar-refractivity contribution in [3.8, 4) is 0 Å². The SMILES string of the molecule is CC12CC=C3C=C4CC(O)CCC4CCC3C1CC=C2c1ccc2ccncc2c1. The van der Waals surface area contributed by atoms with E-state index in [0.29, 0.717) is 17.8 Å². The van der Waals surface area contributed by atoms with Gasteiger partial charge in [0.2, 0.25) is 0 Å². The molecule has 0 saturated heterocycles. The molecule has 1 heterocycles. The minimum absolute atomic E-state index is 0.124. The highest BCUT2D eigenvalue weighted by molar-refractivity contribution is 5.87. The number of hydrogen-bond acceptors (Lipinski definition) is 2. The molecule has 4 aliphatic carbocycles. The number of aliphatic hydroxyl groups is 1.